The molecule has 22 heavy (non-hydrogen) atoms. The van der Waals surface area contributed by atoms with Crippen LogP contribution in [0, 0.1) is 25.7 Å². The molecule has 0 unspecified atom stereocenters. The molecule has 0 aliphatic heterocycles. The van der Waals surface area contributed by atoms with Crippen molar-refractivity contribution in [1.82, 2.24) is 5.32 Å². The summed E-state index contributed by atoms with van der Waals surface area (Å²) in [6, 6.07) is 13.3. The van der Waals surface area contributed by atoms with Gasteiger partial charge in [-0.15, -0.1) is 0 Å². The average Bonchev–Trinajstić information content (AvgIpc) is 2.50. The number of amides is 1. The lowest BCUT2D eigenvalue weighted by Crippen LogP contribution is -2.23. The Kier molecular flexibility index (Phi) is 5.21. The number of rotatable bonds is 3. The van der Waals surface area contributed by atoms with Crippen LogP contribution in [0.5, 0.6) is 5.75 Å². The van der Waals surface area contributed by atoms with Gasteiger partial charge in [0.25, 0.3) is 5.91 Å². The fraction of sp³-hybridized carbons (Fsp3) is 0.211. The van der Waals surface area contributed by atoms with E-state index in [2.05, 4.69) is 17.2 Å². The van der Waals surface area contributed by atoms with Crippen molar-refractivity contribution in [2.45, 2.75) is 13.8 Å². The lowest BCUT2D eigenvalue weighted by Gasteiger charge is -2.04. The summed E-state index contributed by atoms with van der Waals surface area (Å²) in [5, 5.41) is 2.81. The molecule has 2 aromatic rings. The Labute approximate surface area is 131 Å². The standard InChI is InChI=1S/C19H19NO2/c1-14-11-15(2)13-17(12-14)19(21)20-10-6-8-16-7-4-5-9-18(16)22-3/h4-5,7,9,11-13H,10H2,1-3H3,(H,20,21). The molecule has 1 N–H and O–H groups in total. The highest BCUT2D eigenvalue weighted by atomic mass is 16.5. The van der Waals surface area contributed by atoms with Crippen LogP contribution in [-0.4, -0.2) is 19.6 Å². The first kappa shape index (κ1) is 15.7. The number of hydrogen-bond acceptors (Lipinski definition) is 2. The quantitative estimate of drug-likeness (QED) is 0.883. The van der Waals surface area contributed by atoms with Crippen molar-refractivity contribution in [3.8, 4) is 17.6 Å². The smallest absolute Gasteiger partial charge is 0.252 e. The molecule has 0 aromatic heterocycles. The van der Waals surface area contributed by atoms with Crippen molar-refractivity contribution < 1.29 is 9.53 Å². The maximum Gasteiger partial charge on any atom is 0.252 e. The Morgan fingerprint density at radius 2 is 1.82 bits per heavy atom. The minimum Gasteiger partial charge on any atom is -0.495 e. The van der Waals surface area contributed by atoms with Gasteiger partial charge in [-0.25, -0.2) is 0 Å². The van der Waals surface area contributed by atoms with E-state index in [4.69, 9.17) is 4.74 Å². The van der Waals surface area contributed by atoms with E-state index in [1.165, 1.54) is 0 Å². The molecule has 3 heteroatoms. The summed E-state index contributed by atoms with van der Waals surface area (Å²) >= 11 is 0. The lowest BCUT2D eigenvalue weighted by atomic mass is 10.1. The lowest BCUT2D eigenvalue weighted by molar-refractivity contribution is 0.0958. The zero-order chi connectivity index (χ0) is 15.9. The Balaban J connectivity index is 1.99. The fourth-order valence-corrected chi connectivity index (χ4v) is 2.22. The molecule has 1 amide bonds. The van der Waals surface area contributed by atoms with E-state index in [1.54, 1.807) is 7.11 Å². The summed E-state index contributed by atoms with van der Waals surface area (Å²) in [6.07, 6.45) is 0. The fourth-order valence-electron chi connectivity index (χ4n) is 2.22. The number of methoxy groups -OCH3 is 1. The Bertz CT molecular complexity index is 718. The second-order valence-corrected chi connectivity index (χ2v) is 5.06. The van der Waals surface area contributed by atoms with Gasteiger partial charge in [0.05, 0.1) is 19.2 Å². The molecule has 2 rings (SSSR count). The molecule has 112 valence electrons. The molecule has 2 aromatic carbocycles. The van der Waals surface area contributed by atoms with Crippen LogP contribution in [-0.2, 0) is 0 Å². The SMILES string of the molecule is COc1ccccc1C#CCNC(=O)c1cc(C)cc(C)c1. The molecule has 0 saturated carbocycles. The minimum absolute atomic E-state index is 0.110. The highest BCUT2D eigenvalue weighted by Gasteiger charge is 2.05. The zero-order valence-corrected chi connectivity index (χ0v) is 13.1. The minimum atomic E-state index is -0.110. The first-order chi connectivity index (χ1) is 10.6. The second-order valence-electron chi connectivity index (χ2n) is 5.06. The number of carbonyl (C=O) groups excluding carboxylic acids is 1. The normalized spacial score (nSPS) is 9.59. The largest absolute Gasteiger partial charge is 0.495 e. The summed E-state index contributed by atoms with van der Waals surface area (Å²) in [4.78, 5) is 12.1. The predicted octanol–water partition coefficient (Wildman–Crippen LogP) is 3.09. The summed E-state index contributed by atoms with van der Waals surface area (Å²) in [5.41, 5.74) is 3.62. The van der Waals surface area contributed by atoms with Gasteiger partial charge in [-0.2, -0.15) is 0 Å². The van der Waals surface area contributed by atoms with Crippen molar-refractivity contribution in [3.63, 3.8) is 0 Å². The number of para-hydroxylation sites is 1. The van der Waals surface area contributed by atoms with E-state index in [0.717, 1.165) is 22.4 Å². The van der Waals surface area contributed by atoms with Gasteiger partial charge in [0.1, 0.15) is 5.75 Å². The summed E-state index contributed by atoms with van der Waals surface area (Å²) < 4.78 is 5.23. The molecule has 0 aliphatic carbocycles. The van der Waals surface area contributed by atoms with Crippen LogP contribution in [0.4, 0.5) is 0 Å². The third kappa shape index (κ3) is 4.13. The number of nitrogens with one attached hydrogen (secondary N) is 1. The maximum atomic E-state index is 12.1. The predicted molar refractivity (Wildman–Crippen MR) is 88.1 cm³/mol. The van der Waals surface area contributed by atoms with Crippen LogP contribution < -0.4 is 10.1 Å². The van der Waals surface area contributed by atoms with Crippen molar-refractivity contribution in [1.29, 1.82) is 0 Å². The number of benzene rings is 2. The number of hydrogen-bond donors (Lipinski definition) is 1. The van der Waals surface area contributed by atoms with Gasteiger partial charge in [-0.05, 0) is 38.1 Å². The summed E-state index contributed by atoms with van der Waals surface area (Å²) in [5.74, 6) is 6.57. The van der Waals surface area contributed by atoms with Crippen LogP contribution in [0.25, 0.3) is 0 Å². The molecule has 0 fully saturated rings. The molecule has 0 heterocycles. The van der Waals surface area contributed by atoms with E-state index in [9.17, 15) is 4.79 Å². The van der Waals surface area contributed by atoms with Crippen molar-refractivity contribution >= 4 is 5.91 Å². The van der Waals surface area contributed by atoms with E-state index in [0.29, 0.717) is 12.1 Å². The topological polar surface area (TPSA) is 38.3 Å². The van der Waals surface area contributed by atoms with Crippen molar-refractivity contribution in [2.24, 2.45) is 0 Å². The molecule has 0 atom stereocenters. The first-order valence-electron chi connectivity index (χ1n) is 7.08. The average molecular weight is 293 g/mol. The van der Waals surface area contributed by atoms with E-state index < -0.39 is 0 Å². The van der Waals surface area contributed by atoms with Crippen LogP contribution in [0.2, 0.25) is 0 Å². The van der Waals surface area contributed by atoms with Gasteiger partial charge in [0.2, 0.25) is 0 Å². The molecule has 0 aliphatic rings. The number of carbonyl (C=O) groups is 1. The molecule has 0 spiro atoms. The first-order valence-corrected chi connectivity index (χ1v) is 7.08. The van der Waals surface area contributed by atoms with Gasteiger partial charge in [0, 0.05) is 5.56 Å². The van der Waals surface area contributed by atoms with E-state index in [-0.39, 0.29) is 5.91 Å². The van der Waals surface area contributed by atoms with Crippen LogP contribution >= 0.6 is 0 Å². The van der Waals surface area contributed by atoms with Gasteiger partial charge in [-0.1, -0.05) is 41.2 Å². The van der Waals surface area contributed by atoms with Gasteiger partial charge in [0.15, 0.2) is 0 Å². The summed E-state index contributed by atoms with van der Waals surface area (Å²) in [7, 11) is 1.61. The van der Waals surface area contributed by atoms with Gasteiger partial charge < -0.3 is 10.1 Å². The summed E-state index contributed by atoms with van der Waals surface area (Å²) in [6.45, 7) is 4.25. The number of aryl methyl sites for hydroxylation is 2. The zero-order valence-electron chi connectivity index (χ0n) is 13.1. The van der Waals surface area contributed by atoms with Crippen LogP contribution in [0.1, 0.15) is 27.0 Å². The highest BCUT2D eigenvalue weighted by Crippen LogP contribution is 2.15. The maximum absolute atomic E-state index is 12.1. The van der Waals surface area contributed by atoms with Crippen LogP contribution in [0.3, 0.4) is 0 Å². The Morgan fingerprint density at radius 1 is 1.14 bits per heavy atom. The molecule has 3 nitrogen and oxygen atoms in total. The number of ether oxygens (including phenoxy) is 1. The third-order valence-corrected chi connectivity index (χ3v) is 3.15. The van der Waals surface area contributed by atoms with E-state index >= 15 is 0 Å². The Morgan fingerprint density at radius 3 is 2.50 bits per heavy atom. The second kappa shape index (κ2) is 7.33. The Hall–Kier alpha value is -2.73. The molecule has 0 bridgehead atoms. The third-order valence-electron chi connectivity index (χ3n) is 3.15. The monoisotopic (exact) mass is 293 g/mol. The van der Waals surface area contributed by atoms with Crippen LogP contribution in [0.15, 0.2) is 42.5 Å². The van der Waals surface area contributed by atoms with E-state index in [1.807, 2.05) is 56.3 Å². The van der Waals surface area contributed by atoms with Gasteiger partial charge >= 0.3 is 0 Å². The highest BCUT2D eigenvalue weighted by molar-refractivity contribution is 5.94. The van der Waals surface area contributed by atoms with Crippen molar-refractivity contribution in [3.05, 3.63) is 64.7 Å². The molecular formula is C19H19NO2. The van der Waals surface area contributed by atoms with Crippen molar-refractivity contribution in [2.75, 3.05) is 13.7 Å². The molecule has 0 saturated heterocycles. The molecular weight excluding hydrogens is 274 g/mol. The molecule has 0 radical (unpaired) electrons. The van der Waals surface area contributed by atoms with Gasteiger partial charge in [-0.3, -0.25) is 4.79 Å².